The summed E-state index contributed by atoms with van der Waals surface area (Å²) >= 11 is 0. The number of ether oxygens (including phenoxy) is 2. The Kier molecular flexibility index (Phi) is 6.51. The minimum Gasteiger partial charge on any atom is -0.497 e. The Morgan fingerprint density at radius 1 is 1.26 bits per heavy atom. The first-order valence-electron chi connectivity index (χ1n) is 9.68. The fraction of sp³-hybridized carbons (Fsp3) is 0.333. The van der Waals surface area contributed by atoms with Crippen LogP contribution in [0.5, 0.6) is 11.5 Å². The highest BCUT2D eigenvalue weighted by atomic mass is 32.2. The van der Waals surface area contributed by atoms with Crippen molar-refractivity contribution in [2.75, 3.05) is 31.3 Å². The summed E-state index contributed by atoms with van der Waals surface area (Å²) < 4.78 is 37.9. The Bertz CT molecular complexity index is 1100. The van der Waals surface area contributed by atoms with Crippen molar-refractivity contribution in [1.29, 1.82) is 0 Å². The van der Waals surface area contributed by atoms with Gasteiger partial charge in [0.15, 0.2) is 6.10 Å². The van der Waals surface area contributed by atoms with E-state index >= 15 is 0 Å². The highest BCUT2D eigenvalue weighted by Crippen LogP contribution is 2.35. The molecule has 31 heavy (non-hydrogen) atoms. The molecule has 2 amide bonds. The summed E-state index contributed by atoms with van der Waals surface area (Å²) in [5.74, 6) is 0.176. The van der Waals surface area contributed by atoms with Gasteiger partial charge >= 0.3 is 0 Å². The molecule has 166 valence electrons. The second-order valence-electron chi connectivity index (χ2n) is 7.16. The number of benzene rings is 2. The zero-order valence-electron chi connectivity index (χ0n) is 17.8. The van der Waals surface area contributed by atoms with Gasteiger partial charge in [-0.25, -0.2) is 8.42 Å². The summed E-state index contributed by atoms with van der Waals surface area (Å²) in [5.41, 5.74) is 1.38. The van der Waals surface area contributed by atoms with Crippen molar-refractivity contribution < 1.29 is 27.5 Å². The molecule has 1 heterocycles. The average Bonchev–Trinajstić information content (AvgIpc) is 2.73. The molecule has 0 saturated carbocycles. The Hall–Kier alpha value is -3.11. The molecule has 2 aromatic rings. The maximum Gasteiger partial charge on any atom is 0.265 e. The number of carbonyl (C=O) groups is 2. The van der Waals surface area contributed by atoms with Gasteiger partial charge in [0.2, 0.25) is 15.9 Å². The maximum atomic E-state index is 13.1. The molecular formula is C21H25N3O6S. The fourth-order valence-corrected chi connectivity index (χ4v) is 4.51. The number of hydrogen-bond donors (Lipinski definition) is 2. The van der Waals surface area contributed by atoms with E-state index in [0.29, 0.717) is 29.1 Å². The molecule has 10 heteroatoms. The number of rotatable bonds is 7. The molecule has 0 bridgehead atoms. The Morgan fingerprint density at radius 2 is 1.94 bits per heavy atom. The first kappa shape index (κ1) is 22.6. The highest BCUT2D eigenvalue weighted by molar-refractivity contribution is 7.89. The molecule has 0 saturated heterocycles. The van der Waals surface area contributed by atoms with E-state index in [1.807, 2.05) is 0 Å². The van der Waals surface area contributed by atoms with Gasteiger partial charge in [-0.2, -0.15) is 4.31 Å². The van der Waals surface area contributed by atoms with Gasteiger partial charge in [0, 0.05) is 18.8 Å². The van der Waals surface area contributed by atoms with Crippen LogP contribution in [0.3, 0.4) is 0 Å². The monoisotopic (exact) mass is 447 g/mol. The number of sulfonamides is 1. The van der Waals surface area contributed by atoms with E-state index in [-0.39, 0.29) is 23.1 Å². The lowest BCUT2D eigenvalue weighted by atomic mass is 10.1. The summed E-state index contributed by atoms with van der Waals surface area (Å²) in [4.78, 5) is 24.4. The number of anilines is 2. The number of likely N-dealkylation sites (N-methyl/N-ethyl adjacent to an activating group) is 1. The van der Waals surface area contributed by atoms with Crippen LogP contribution in [0.4, 0.5) is 11.4 Å². The second kappa shape index (κ2) is 8.94. The Morgan fingerprint density at radius 3 is 2.55 bits per heavy atom. The minimum absolute atomic E-state index is 0.0111. The van der Waals surface area contributed by atoms with Crippen molar-refractivity contribution in [3.63, 3.8) is 0 Å². The molecule has 0 aromatic heterocycles. The molecule has 1 atom stereocenters. The quantitative estimate of drug-likeness (QED) is 0.674. The average molecular weight is 448 g/mol. The van der Waals surface area contributed by atoms with Crippen molar-refractivity contribution in [2.24, 2.45) is 0 Å². The van der Waals surface area contributed by atoms with Gasteiger partial charge in [0.25, 0.3) is 5.91 Å². The minimum atomic E-state index is -3.98. The number of carbonyl (C=O) groups excluding carboxylic acids is 2. The molecule has 1 aliphatic heterocycles. The van der Waals surface area contributed by atoms with Crippen LogP contribution in [0.15, 0.2) is 41.3 Å². The third-order valence-corrected chi connectivity index (χ3v) is 6.84. The Balaban J connectivity index is 1.77. The van der Waals surface area contributed by atoms with Crippen LogP contribution in [0.1, 0.15) is 18.9 Å². The molecule has 0 fully saturated rings. The number of methoxy groups -OCH3 is 1. The number of amides is 2. The number of nitrogens with zero attached hydrogens (tertiary/aromatic N) is 1. The van der Waals surface area contributed by atoms with Crippen molar-refractivity contribution in [2.45, 2.75) is 31.3 Å². The van der Waals surface area contributed by atoms with Gasteiger partial charge in [-0.15, -0.1) is 0 Å². The van der Waals surface area contributed by atoms with Crippen molar-refractivity contribution in [1.82, 2.24) is 4.31 Å². The van der Waals surface area contributed by atoms with E-state index in [1.165, 1.54) is 20.2 Å². The van der Waals surface area contributed by atoms with E-state index in [2.05, 4.69) is 10.6 Å². The third kappa shape index (κ3) is 4.80. The van der Waals surface area contributed by atoms with E-state index < -0.39 is 22.0 Å². The van der Waals surface area contributed by atoms with E-state index in [4.69, 9.17) is 9.47 Å². The van der Waals surface area contributed by atoms with Gasteiger partial charge in [-0.3, -0.25) is 9.59 Å². The SMILES string of the molecule is CCC1Oc2cc(S(=O)(=O)N(C)CC(=O)Nc3ccc(OC)cc3)c(C)cc2NC1=O. The summed E-state index contributed by atoms with van der Waals surface area (Å²) in [6.45, 7) is 3.05. The Labute approximate surface area is 181 Å². The predicted octanol–water partition coefficient (Wildman–Crippen LogP) is 2.37. The number of aryl methyl sites for hydroxylation is 1. The highest BCUT2D eigenvalue weighted by Gasteiger charge is 2.31. The zero-order chi connectivity index (χ0) is 22.8. The van der Waals surface area contributed by atoms with Crippen LogP contribution in [-0.2, 0) is 19.6 Å². The number of nitrogens with one attached hydrogen (secondary N) is 2. The smallest absolute Gasteiger partial charge is 0.265 e. The summed E-state index contributed by atoms with van der Waals surface area (Å²) in [7, 11) is -1.11. The molecule has 0 radical (unpaired) electrons. The summed E-state index contributed by atoms with van der Waals surface area (Å²) in [6.07, 6.45) is -0.231. The van der Waals surface area contributed by atoms with E-state index in [1.54, 1.807) is 44.2 Å². The van der Waals surface area contributed by atoms with Gasteiger partial charge in [0.1, 0.15) is 11.5 Å². The number of hydrogen-bond acceptors (Lipinski definition) is 6. The van der Waals surface area contributed by atoms with Gasteiger partial charge in [-0.05, 0) is 49.2 Å². The molecule has 2 N–H and O–H groups in total. The summed E-state index contributed by atoms with van der Waals surface area (Å²) in [5, 5.41) is 5.39. The summed E-state index contributed by atoms with van der Waals surface area (Å²) in [6, 6.07) is 9.64. The largest absolute Gasteiger partial charge is 0.497 e. The normalized spacial score (nSPS) is 15.6. The van der Waals surface area contributed by atoms with Crippen molar-refractivity contribution in [3.05, 3.63) is 42.0 Å². The van der Waals surface area contributed by atoms with Crippen molar-refractivity contribution >= 4 is 33.2 Å². The van der Waals surface area contributed by atoms with Crippen LogP contribution in [-0.4, -0.2) is 51.3 Å². The van der Waals surface area contributed by atoms with Gasteiger partial charge in [0.05, 0.1) is 24.2 Å². The van der Waals surface area contributed by atoms with Crippen LogP contribution >= 0.6 is 0 Å². The fourth-order valence-electron chi connectivity index (χ4n) is 3.16. The molecule has 1 aliphatic rings. The molecule has 1 unspecified atom stereocenters. The molecular weight excluding hydrogens is 422 g/mol. The lowest BCUT2D eigenvalue weighted by molar-refractivity contribution is -0.123. The van der Waals surface area contributed by atoms with Crippen LogP contribution in [0.25, 0.3) is 0 Å². The molecule has 9 nitrogen and oxygen atoms in total. The topological polar surface area (TPSA) is 114 Å². The molecule has 3 rings (SSSR count). The first-order valence-corrected chi connectivity index (χ1v) is 11.1. The standard InChI is InChI=1S/C21H25N3O6S/c1-5-17-21(26)23-16-10-13(2)19(11-18(16)30-17)31(27,28)24(3)12-20(25)22-14-6-8-15(29-4)9-7-14/h6-11,17H,5,12H2,1-4H3,(H,22,25)(H,23,26). The zero-order valence-corrected chi connectivity index (χ0v) is 18.6. The van der Waals surface area contributed by atoms with Gasteiger partial charge in [-0.1, -0.05) is 6.92 Å². The lowest BCUT2D eigenvalue weighted by Gasteiger charge is -2.27. The van der Waals surface area contributed by atoms with Crippen LogP contribution < -0.4 is 20.1 Å². The third-order valence-electron chi connectivity index (χ3n) is 4.90. The first-order chi connectivity index (χ1) is 14.6. The van der Waals surface area contributed by atoms with E-state index in [9.17, 15) is 18.0 Å². The molecule has 0 aliphatic carbocycles. The predicted molar refractivity (Wildman–Crippen MR) is 116 cm³/mol. The maximum absolute atomic E-state index is 13.1. The lowest BCUT2D eigenvalue weighted by Crippen LogP contribution is -2.37. The van der Waals surface area contributed by atoms with Crippen LogP contribution in [0, 0.1) is 6.92 Å². The van der Waals surface area contributed by atoms with Crippen molar-refractivity contribution in [3.8, 4) is 11.5 Å². The van der Waals surface area contributed by atoms with Gasteiger partial charge < -0.3 is 20.1 Å². The van der Waals surface area contributed by atoms with E-state index in [0.717, 1.165) is 4.31 Å². The number of fused-ring (bicyclic) bond motifs is 1. The van der Waals surface area contributed by atoms with Crippen LogP contribution in [0.2, 0.25) is 0 Å². The molecule has 2 aromatic carbocycles. The second-order valence-corrected chi connectivity index (χ2v) is 9.17. The molecule has 0 spiro atoms.